The van der Waals surface area contributed by atoms with Gasteiger partial charge >= 0.3 is 5.97 Å². The molecular weight excluding hydrogens is 301 g/mol. The molecular formula is C8H10INO2S. The van der Waals surface area contributed by atoms with Crippen molar-refractivity contribution in [2.24, 2.45) is 0 Å². The summed E-state index contributed by atoms with van der Waals surface area (Å²) in [5.41, 5.74) is 0. The number of thiophene rings is 1. The van der Waals surface area contributed by atoms with E-state index in [0.717, 1.165) is 6.42 Å². The fraction of sp³-hybridized carbons (Fsp3) is 0.375. The molecule has 72 valence electrons. The molecule has 0 aromatic carbocycles. The van der Waals surface area contributed by atoms with Crippen LogP contribution < -0.4 is 3.53 Å². The topological polar surface area (TPSA) is 49.3 Å². The molecule has 5 heteroatoms. The lowest BCUT2D eigenvalue weighted by atomic mass is 10.1. The predicted molar refractivity (Wildman–Crippen MR) is 61.2 cm³/mol. The Labute approximate surface area is 94.7 Å². The van der Waals surface area contributed by atoms with Gasteiger partial charge in [-0.1, -0.05) is 6.07 Å². The van der Waals surface area contributed by atoms with Crippen LogP contribution in [0.25, 0.3) is 0 Å². The van der Waals surface area contributed by atoms with Crippen LogP contribution in [-0.4, -0.2) is 17.1 Å². The minimum absolute atomic E-state index is 0.0248. The quantitative estimate of drug-likeness (QED) is 0.646. The van der Waals surface area contributed by atoms with Crippen LogP contribution in [0.5, 0.6) is 0 Å². The molecule has 3 nitrogen and oxygen atoms in total. The Morgan fingerprint density at radius 2 is 2.54 bits per heavy atom. The summed E-state index contributed by atoms with van der Waals surface area (Å²) in [6, 6.07) is 4.02. The van der Waals surface area contributed by atoms with Crippen LogP contribution in [0.2, 0.25) is 0 Å². The Morgan fingerprint density at radius 1 is 1.77 bits per heavy atom. The highest BCUT2D eigenvalue weighted by Gasteiger charge is 2.12. The van der Waals surface area contributed by atoms with Crippen molar-refractivity contribution in [2.45, 2.75) is 18.9 Å². The van der Waals surface area contributed by atoms with Crippen molar-refractivity contribution in [3.05, 3.63) is 22.4 Å². The van der Waals surface area contributed by atoms with Gasteiger partial charge in [0.25, 0.3) is 0 Å². The molecule has 0 saturated heterocycles. The van der Waals surface area contributed by atoms with E-state index in [9.17, 15) is 4.79 Å². The number of nitrogens with one attached hydrogen (secondary N) is 1. The molecule has 1 atom stereocenters. The van der Waals surface area contributed by atoms with Crippen molar-refractivity contribution in [2.75, 3.05) is 0 Å². The largest absolute Gasteiger partial charge is 0.481 e. The Hall–Kier alpha value is -0.140. The SMILES string of the molecule is O=C(O)CC(Cc1cccs1)NI. The number of hydrogen-bond acceptors (Lipinski definition) is 3. The van der Waals surface area contributed by atoms with E-state index in [4.69, 9.17) is 5.11 Å². The molecule has 0 aliphatic rings. The van der Waals surface area contributed by atoms with Crippen LogP contribution in [-0.2, 0) is 11.2 Å². The number of halogens is 1. The Kier molecular flexibility index (Phi) is 4.68. The molecule has 0 saturated carbocycles. The first-order chi connectivity index (χ1) is 6.22. The van der Waals surface area contributed by atoms with Gasteiger partial charge in [-0.05, 0) is 17.9 Å². The van der Waals surface area contributed by atoms with Crippen LogP contribution >= 0.6 is 34.2 Å². The Bertz CT molecular complexity index is 263. The van der Waals surface area contributed by atoms with Gasteiger partial charge in [0, 0.05) is 33.8 Å². The van der Waals surface area contributed by atoms with E-state index in [1.165, 1.54) is 4.88 Å². The average Bonchev–Trinajstić information content (AvgIpc) is 2.55. The van der Waals surface area contributed by atoms with Gasteiger partial charge in [-0.15, -0.1) is 11.3 Å². The molecule has 0 bridgehead atoms. The molecule has 2 N–H and O–H groups in total. The van der Waals surface area contributed by atoms with Crippen molar-refractivity contribution in [1.29, 1.82) is 0 Å². The number of carbonyl (C=O) groups is 1. The Morgan fingerprint density at radius 3 is 3.00 bits per heavy atom. The maximum atomic E-state index is 10.5. The van der Waals surface area contributed by atoms with Crippen LogP contribution in [0, 0.1) is 0 Å². The van der Waals surface area contributed by atoms with Crippen molar-refractivity contribution < 1.29 is 9.90 Å². The molecule has 13 heavy (non-hydrogen) atoms. The van der Waals surface area contributed by atoms with E-state index < -0.39 is 5.97 Å². The van der Waals surface area contributed by atoms with Crippen molar-refractivity contribution in [1.82, 2.24) is 3.53 Å². The van der Waals surface area contributed by atoms with Crippen LogP contribution in [0.4, 0.5) is 0 Å². The number of hydrogen-bond donors (Lipinski definition) is 2. The lowest BCUT2D eigenvalue weighted by Crippen LogP contribution is -2.25. The molecule has 1 rings (SSSR count). The second-order valence-electron chi connectivity index (χ2n) is 2.69. The van der Waals surface area contributed by atoms with Gasteiger partial charge in [0.15, 0.2) is 0 Å². The lowest BCUT2D eigenvalue weighted by molar-refractivity contribution is -0.137. The summed E-state index contributed by atoms with van der Waals surface area (Å²) in [5.74, 6) is -0.759. The van der Waals surface area contributed by atoms with Gasteiger partial charge in [-0.2, -0.15) is 0 Å². The zero-order valence-corrected chi connectivity index (χ0v) is 9.84. The second kappa shape index (κ2) is 5.56. The third kappa shape index (κ3) is 4.06. The summed E-state index contributed by atoms with van der Waals surface area (Å²) in [6.07, 6.45) is 0.952. The molecule has 0 radical (unpaired) electrons. The van der Waals surface area contributed by atoms with E-state index in [1.54, 1.807) is 11.3 Å². The van der Waals surface area contributed by atoms with Crippen LogP contribution in [0.3, 0.4) is 0 Å². The highest BCUT2D eigenvalue weighted by molar-refractivity contribution is 14.1. The lowest BCUT2D eigenvalue weighted by Gasteiger charge is -2.10. The highest BCUT2D eigenvalue weighted by Crippen LogP contribution is 2.13. The van der Waals surface area contributed by atoms with E-state index in [-0.39, 0.29) is 12.5 Å². The number of aliphatic carboxylic acids is 1. The van der Waals surface area contributed by atoms with Gasteiger partial charge in [0.1, 0.15) is 0 Å². The molecule has 0 amide bonds. The summed E-state index contributed by atoms with van der Waals surface area (Å²) < 4.78 is 2.97. The molecule has 1 aromatic rings. The third-order valence-corrected chi connectivity index (χ3v) is 3.38. The normalized spacial score (nSPS) is 12.7. The second-order valence-corrected chi connectivity index (χ2v) is 4.34. The molecule has 0 spiro atoms. The maximum Gasteiger partial charge on any atom is 0.304 e. The van der Waals surface area contributed by atoms with Crippen molar-refractivity contribution in [3.8, 4) is 0 Å². The van der Waals surface area contributed by atoms with Gasteiger partial charge in [0.05, 0.1) is 6.42 Å². The predicted octanol–water partition coefficient (Wildman–Crippen LogP) is 2.07. The summed E-state index contributed by atoms with van der Waals surface area (Å²) in [6.45, 7) is 0. The summed E-state index contributed by atoms with van der Waals surface area (Å²) in [7, 11) is 0. The first-order valence-corrected chi connectivity index (χ1v) is 5.78. The van der Waals surface area contributed by atoms with Gasteiger partial charge < -0.3 is 5.11 Å². The maximum absolute atomic E-state index is 10.5. The number of rotatable bonds is 5. The molecule has 1 aromatic heterocycles. The molecule has 0 fully saturated rings. The Balaban J connectivity index is 2.45. The summed E-state index contributed by atoms with van der Waals surface area (Å²) in [5, 5.41) is 10.6. The van der Waals surface area contributed by atoms with Crippen molar-refractivity contribution in [3.63, 3.8) is 0 Å². The van der Waals surface area contributed by atoms with Crippen molar-refractivity contribution >= 4 is 40.2 Å². The average molecular weight is 311 g/mol. The van der Waals surface area contributed by atoms with E-state index >= 15 is 0 Å². The standard InChI is InChI=1S/C8H10INO2S/c9-10-6(5-8(11)12)4-7-2-1-3-13-7/h1-3,6,10H,4-5H2,(H,11,12). The van der Waals surface area contributed by atoms with Gasteiger partial charge in [0.2, 0.25) is 0 Å². The smallest absolute Gasteiger partial charge is 0.304 e. The van der Waals surface area contributed by atoms with E-state index in [0.29, 0.717) is 0 Å². The fourth-order valence-electron chi connectivity index (χ4n) is 1.03. The first kappa shape index (κ1) is 10.9. The van der Waals surface area contributed by atoms with Crippen LogP contribution in [0.1, 0.15) is 11.3 Å². The fourth-order valence-corrected chi connectivity index (χ4v) is 2.26. The molecule has 0 aliphatic heterocycles. The summed E-state index contributed by atoms with van der Waals surface area (Å²) in [4.78, 5) is 11.7. The van der Waals surface area contributed by atoms with Gasteiger partial charge in [-0.3, -0.25) is 8.32 Å². The number of carboxylic acid groups (broad SMARTS) is 1. The van der Waals surface area contributed by atoms with E-state index in [1.807, 2.05) is 40.4 Å². The highest BCUT2D eigenvalue weighted by atomic mass is 127. The van der Waals surface area contributed by atoms with Gasteiger partial charge in [-0.25, -0.2) is 0 Å². The zero-order chi connectivity index (χ0) is 9.68. The minimum Gasteiger partial charge on any atom is -0.481 e. The van der Waals surface area contributed by atoms with E-state index in [2.05, 4.69) is 3.53 Å². The summed E-state index contributed by atoms with van der Waals surface area (Å²) >= 11 is 3.66. The first-order valence-electron chi connectivity index (χ1n) is 3.82. The minimum atomic E-state index is -0.759. The monoisotopic (exact) mass is 311 g/mol. The molecule has 0 aliphatic carbocycles. The van der Waals surface area contributed by atoms with Crippen LogP contribution in [0.15, 0.2) is 17.5 Å². The zero-order valence-electron chi connectivity index (χ0n) is 6.87. The number of carboxylic acids is 1. The molecule has 1 unspecified atom stereocenters. The molecule has 1 heterocycles. The third-order valence-electron chi connectivity index (χ3n) is 1.60.